The maximum Gasteiger partial charge on any atom is 0.273 e. The van der Waals surface area contributed by atoms with Crippen LogP contribution in [0, 0.1) is 18.6 Å². The smallest absolute Gasteiger partial charge is 0.273 e. The highest BCUT2D eigenvalue weighted by molar-refractivity contribution is 5.97. The zero-order valence-electron chi connectivity index (χ0n) is 17.5. The normalized spacial score (nSPS) is 11.7. The molecule has 3 rings (SSSR count). The number of aliphatic hydroxyl groups excluding tert-OH is 2. The molecule has 2 amide bonds. The third kappa shape index (κ3) is 5.64. The van der Waals surface area contributed by atoms with E-state index in [9.17, 15) is 23.5 Å². The van der Waals surface area contributed by atoms with Gasteiger partial charge < -0.3 is 26.6 Å². The molecule has 6 N–H and O–H groups in total. The number of nitrogen functional groups attached to an aromatic ring is 1. The summed E-state index contributed by atoms with van der Waals surface area (Å²) in [5.41, 5.74) is 7.35. The van der Waals surface area contributed by atoms with Crippen molar-refractivity contribution < 1.29 is 28.6 Å². The van der Waals surface area contributed by atoms with Crippen LogP contribution in [0.2, 0.25) is 0 Å². The number of hydrogen-bond acceptors (Lipinski definition) is 7. The minimum Gasteiger partial charge on any atom is -0.395 e. The standard InChI is InChI=1S/C22H21F2N5O4/c1-11-6-15(28-22(33)19(31)12-7-13(23)9-14(24)8-12)2-3-16(11)17-10-27-20(25)18(29-17)21(32)26-4-5-30/h2-3,6-10,19,30-31H,4-5H2,1H3,(H2,25,27)(H,26,32)(H,28,33)/t19-/m0/s1. The molecular weight excluding hydrogens is 436 g/mol. The minimum atomic E-state index is -1.78. The highest BCUT2D eigenvalue weighted by Crippen LogP contribution is 2.26. The fourth-order valence-corrected chi connectivity index (χ4v) is 3.07. The van der Waals surface area contributed by atoms with Crippen molar-refractivity contribution in [1.29, 1.82) is 0 Å². The average Bonchev–Trinajstić information content (AvgIpc) is 2.77. The van der Waals surface area contributed by atoms with Crippen LogP contribution in [-0.2, 0) is 4.79 Å². The molecule has 0 radical (unpaired) electrons. The molecule has 0 saturated heterocycles. The summed E-state index contributed by atoms with van der Waals surface area (Å²) in [6.45, 7) is 1.52. The van der Waals surface area contributed by atoms with E-state index in [1.807, 2.05) is 0 Å². The average molecular weight is 457 g/mol. The summed E-state index contributed by atoms with van der Waals surface area (Å²) < 4.78 is 26.7. The van der Waals surface area contributed by atoms with Crippen LogP contribution in [0.15, 0.2) is 42.6 Å². The molecule has 9 nitrogen and oxygen atoms in total. The second-order valence-corrected chi connectivity index (χ2v) is 7.09. The van der Waals surface area contributed by atoms with Gasteiger partial charge in [0.25, 0.3) is 11.8 Å². The largest absolute Gasteiger partial charge is 0.395 e. The summed E-state index contributed by atoms with van der Waals surface area (Å²) in [6.07, 6.45) is -0.390. The molecule has 0 aliphatic rings. The molecule has 0 fully saturated rings. The fourth-order valence-electron chi connectivity index (χ4n) is 3.07. The van der Waals surface area contributed by atoms with Gasteiger partial charge in [0, 0.05) is 23.9 Å². The van der Waals surface area contributed by atoms with Crippen molar-refractivity contribution in [3.05, 3.63) is 71.1 Å². The molecule has 0 unspecified atom stereocenters. The Kier molecular flexibility index (Phi) is 7.26. The van der Waals surface area contributed by atoms with E-state index in [1.54, 1.807) is 19.1 Å². The van der Waals surface area contributed by atoms with Gasteiger partial charge in [0.05, 0.1) is 18.5 Å². The maximum atomic E-state index is 13.4. The molecule has 1 aromatic heterocycles. The molecular formula is C22H21F2N5O4. The lowest BCUT2D eigenvalue weighted by Gasteiger charge is -2.14. The van der Waals surface area contributed by atoms with Crippen LogP contribution in [0.25, 0.3) is 11.3 Å². The lowest BCUT2D eigenvalue weighted by Crippen LogP contribution is -2.28. The van der Waals surface area contributed by atoms with Crippen molar-refractivity contribution in [3.8, 4) is 11.3 Å². The number of halogens is 2. The van der Waals surface area contributed by atoms with Crippen molar-refractivity contribution in [3.63, 3.8) is 0 Å². The van der Waals surface area contributed by atoms with Gasteiger partial charge in [-0.1, -0.05) is 6.07 Å². The quantitative estimate of drug-likeness (QED) is 0.362. The molecule has 172 valence electrons. The Morgan fingerprint density at radius 2 is 1.85 bits per heavy atom. The Morgan fingerprint density at radius 1 is 1.15 bits per heavy atom. The molecule has 0 bridgehead atoms. The number of anilines is 2. The number of aliphatic hydroxyl groups is 2. The lowest BCUT2D eigenvalue weighted by atomic mass is 10.0. The maximum absolute atomic E-state index is 13.4. The van der Waals surface area contributed by atoms with E-state index in [4.69, 9.17) is 10.8 Å². The summed E-state index contributed by atoms with van der Waals surface area (Å²) in [7, 11) is 0. The minimum absolute atomic E-state index is 0.0335. The van der Waals surface area contributed by atoms with Crippen LogP contribution in [0.3, 0.4) is 0 Å². The van der Waals surface area contributed by atoms with Crippen molar-refractivity contribution in [1.82, 2.24) is 15.3 Å². The number of carbonyl (C=O) groups excluding carboxylic acids is 2. The van der Waals surface area contributed by atoms with E-state index in [-0.39, 0.29) is 30.2 Å². The number of aromatic nitrogens is 2. The molecule has 11 heteroatoms. The number of amides is 2. The highest BCUT2D eigenvalue weighted by Gasteiger charge is 2.20. The van der Waals surface area contributed by atoms with E-state index >= 15 is 0 Å². The van der Waals surface area contributed by atoms with Gasteiger partial charge in [-0.25, -0.2) is 18.7 Å². The lowest BCUT2D eigenvalue weighted by molar-refractivity contribution is -0.124. The Labute approximate surface area is 187 Å². The van der Waals surface area contributed by atoms with Gasteiger partial charge in [0.1, 0.15) is 11.6 Å². The second kappa shape index (κ2) is 10.1. The predicted molar refractivity (Wildman–Crippen MR) is 116 cm³/mol. The number of aryl methyl sites for hydroxylation is 1. The monoisotopic (exact) mass is 457 g/mol. The third-order valence-corrected chi connectivity index (χ3v) is 4.63. The number of hydrogen-bond donors (Lipinski definition) is 5. The summed E-state index contributed by atoms with van der Waals surface area (Å²) >= 11 is 0. The van der Waals surface area contributed by atoms with Gasteiger partial charge in [0.15, 0.2) is 17.6 Å². The van der Waals surface area contributed by atoms with E-state index in [2.05, 4.69) is 20.6 Å². The van der Waals surface area contributed by atoms with Crippen molar-refractivity contribution in [2.45, 2.75) is 13.0 Å². The van der Waals surface area contributed by atoms with Gasteiger partial charge in [-0.15, -0.1) is 0 Å². The van der Waals surface area contributed by atoms with E-state index in [0.29, 0.717) is 28.6 Å². The number of nitrogens with one attached hydrogen (secondary N) is 2. The van der Waals surface area contributed by atoms with Gasteiger partial charge in [-0.2, -0.15) is 0 Å². The molecule has 1 atom stereocenters. The number of rotatable bonds is 7. The van der Waals surface area contributed by atoms with Crippen molar-refractivity contribution in [2.75, 3.05) is 24.2 Å². The van der Waals surface area contributed by atoms with Crippen LogP contribution >= 0.6 is 0 Å². The molecule has 0 aliphatic carbocycles. The molecule has 2 aromatic carbocycles. The molecule has 1 heterocycles. The van der Waals surface area contributed by atoms with Crippen LogP contribution in [-0.4, -0.2) is 45.1 Å². The third-order valence-electron chi connectivity index (χ3n) is 4.63. The summed E-state index contributed by atoms with van der Waals surface area (Å²) in [6, 6.07) is 7.12. The first-order valence-corrected chi connectivity index (χ1v) is 9.77. The predicted octanol–water partition coefficient (Wildman–Crippen LogP) is 1.71. The number of carbonyl (C=O) groups is 2. The van der Waals surface area contributed by atoms with Crippen LogP contribution in [0.4, 0.5) is 20.3 Å². The van der Waals surface area contributed by atoms with Crippen LogP contribution in [0.5, 0.6) is 0 Å². The van der Waals surface area contributed by atoms with Gasteiger partial charge in [0.2, 0.25) is 0 Å². The highest BCUT2D eigenvalue weighted by atomic mass is 19.1. The topological polar surface area (TPSA) is 150 Å². The van der Waals surface area contributed by atoms with E-state index in [0.717, 1.165) is 12.1 Å². The van der Waals surface area contributed by atoms with Crippen molar-refractivity contribution in [2.24, 2.45) is 0 Å². The Balaban J connectivity index is 1.80. The Hall–Kier alpha value is -3.96. The first kappa shape index (κ1) is 23.7. The van der Waals surface area contributed by atoms with Crippen LogP contribution < -0.4 is 16.4 Å². The van der Waals surface area contributed by atoms with Gasteiger partial charge in [-0.05, 0) is 42.3 Å². The first-order valence-electron chi connectivity index (χ1n) is 9.77. The molecule has 3 aromatic rings. The Morgan fingerprint density at radius 3 is 2.48 bits per heavy atom. The molecule has 33 heavy (non-hydrogen) atoms. The SMILES string of the molecule is Cc1cc(NC(=O)[C@@H](O)c2cc(F)cc(F)c2)ccc1-c1cnc(N)c(C(=O)NCCO)n1. The zero-order valence-corrected chi connectivity index (χ0v) is 17.5. The molecule has 0 aliphatic heterocycles. The summed E-state index contributed by atoms with van der Waals surface area (Å²) in [4.78, 5) is 32.8. The summed E-state index contributed by atoms with van der Waals surface area (Å²) in [5, 5.41) is 23.9. The Bertz CT molecular complexity index is 1190. The van der Waals surface area contributed by atoms with Gasteiger partial charge >= 0.3 is 0 Å². The number of benzene rings is 2. The fraction of sp³-hybridized carbons (Fsp3) is 0.182. The molecule has 0 saturated carbocycles. The van der Waals surface area contributed by atoms with E-state index in [1.165, 1.54) is 12.3 Å². The second-order valence-electron chi connectivity index (χ2n) is 7.09. The van der Waals surface area contributed by atoms with Crippen molar-refractivity contribution >= 4 is 23.3 Å². The number of nitrogens with two attached hydrogens (primary N) is 1. The van der Waals surface area contributed by atoms with E-state index < -0.39 is 29.6 Å². The first-order chi connectivity index (χ1) is 15.7. The number of nitrogens with zero attached hydrogens (tertiary/aromatic N) is 2. The van der Waals surface area contributed by atoms with Crippen LogP contribution in [0.1, 0.15) is 27.7 Å². The summed E-state index contributed by atoms with van der Waals surface area (Å²) in [5.74, 6) is -3.35. The zero-order chi connectivity index (χ0) is 24.1. The van der Waals surface area contributed by atoms with Gasteiger partial charge in [-0.3, -0.25) is 9.59 Å². The molecule has 0 spiro atoms.